The van der Waals surface area contributed by atoms with Gasteiger partial charge in [-0.25, -0.2) is 0 Å². The van der Waals surface area contributed by atoms with Crippen molar-refractivity contribution in [3.63, 3.8) is 0 Å². The lowest BCUT2D eigenvalue weighted by Gasteiger charge is -2.16. The highest BCUT2D eigenvalue weighted by Gasteiger charge is 2.25. The molecule has 1 aliphatic rings. The number of hydrogen-bond acceptors (Lipinski definition) is 3. The number of nitrogens with zero attached hydrogens (tertiary/aromatic N) is 1. The summed E-state index contributed by atoms with van der Waals surface area (Å²) in [7, 11) is 0. The first-order chi connectivity index (χ1) is 7.13. The van der Waals surface area contributed by atoms with Crippen LogP contribution in [0.25, 0.3) is 0 Å². The minimum atomic E-state index is 0.243. The van der Waals surface area contributed by atoms with E-state index in [0.717, 1.165) is 25.9 Å². The lowest BCUT2D eigenvalue weighted by molar-refractivity contribution is -0.127. The maximum atomic E-state index is 11.7. The fraction of sp³-hybridized carbons (Fsp3) is 0.909. The molecule has 0 bridgehead atoms. The molecule has 1 unspecified atom stereocenters. The smallest absolute Gasteiger partial charge is 0.232 e. The van der Waals surface area contributed by atoms with Gasteiger partial charge in [0.25, 0.3) is 0 Å². The molecule has 1 fully saturated rings. The number of carbonyl (C=O) groups excluding carboxylic acids is 1. The van der Waals surface area contributed by atoms with Gasteiger partial charge < -0.3 is 10.0 Å². The Labute approximate surface area is 96.2 Å². The molecule has 1 N–H and O–H groups in total. The second kappa shape index (κ2) is 6.38. The zero-order valence-electron chi connectivity index (χ0n) is 9.61. The van der Waals surface area contributed by atoms with Crippen LogP contribution in [0.15, 0.2) is 0 Å². The van der Waals surface area contributed by atoms with Gasteiger partial charge in [-0.15, -0.1) is 11.8 Å². The van der Waals surface area contributed by atoms with E-state index in [1.165, 1.54) is 0 Å². The number of aliphatic hydroxyl groups excluding tert-OH is 1. The molecule has 15 heavy (non-hydrogen) atoms. The maximum absolute atomic E-state index is 11.7. The zero-order chi connectivity index (χ0) is 11.3. The Balaban J connectivity index is 2.24. The molecule has 4 heteroatoms. The number of hydrogen-bond donors (Lipinski definition) is 1. The van der Waals surface area contributed by atoms with Crippen molar-refractivity contribution in [3.8, 4) is 0 Å². The van der Waals surface area contributed by atoms with Crippen LogP contribution in [0.3, 0.4) is 0 Å². The summed E-state index contributed by atoms with van der Waals surface area (Å²) in [5, 5.41) is 9.34. The Bertz CT molecular complexity index is 209. The molecule has 0 aromatic heterocycles. The highest BCUT2D eigenvalue weighted by Crippen LogP contribution is 2.20. The molecule has 1 atom stereocenters. The zero-order valence-corrected chi connectivity index (χ0v) is 10.4. The third kappa shape index (κ3) is 4.43. The highest BCUT2D eigenvalue weighted by atomic mass is 32.2. The lowest BCUT2D eigenvalue weighted by atomic mass is 10.1. The molecule has 1 rings (SSSR count). The Morgan fingerprint density at radius 2 is 2.33 bits per heavy atom. The topological polar surface area (TPSA) is 40.5 Å². The van der Waals surface area contributed by atoms with Crippen LogP contribution in [0.2, 0.25) is 0 Å². The van der Waals surface area contributed by atoms with E-state index >= 15 is 0 Å². The quantitative estimate of drug-likeness (QED) is 0.776. The van der Waals surface area contributed by atoms with Crippen molar-refractivity contribution in [1.29, 1.82) is 0 Å². The minimum Gasteiger partial charge on any atom is -0.396 e. The van der Waals surface area contributed by atoms with Gasteiger partial charge in [0.05, 0.1) is 5.75 Å². The predicted octanol–water partition coefficient (Wildman–Crippen LogP) is 1.36. The summed E-state index contributed by atoms with van der Waals surface area (Å²) in [5.74, 6) is 1.38. The van der Waals surface area contributed by atoms with Gasteiger partial charge in [-0.1, -0.05) is 13.8 Å². The summed E-state index contributed by atoms with van der Waals surface area (Å²) in [6.07, 6.45) is 1.89. The number of rotatable bonds is 5. The summed E-state index contributed by atoms with van der Waals surface area (Å²) in [6.45, 7) is 6.18. The standard InChI is InChI=1S/C11H21NO2S/c1-9(2)15-8-11(14)12-5-3-10(7-12)4-6-13/h9-10,13H,3-8H2,1-2H3. The van der Waals surface area contributed by atoms with Gasteiger partial charge in [0.2, 0.25) is 5.91 Å². The average Bonchev–Trinajstić information content (AvgIpc) is 2.63. The molecule has 0 aromatic rings. The van der Waals surface area contributed by atoms with Gasteiger partial charge in [0, 0.05) is 19.7 Å². The molecule has 0 saturated carbocycles. The van der Waals surface area contributed by atoms with Gasteiger partial charge in [-0.3, -0.25) is 4.79 Å². The van der Waals surface area contributed by atoms with Crippen molar-refractivity contribution in [2.45, 2.75) is 31.9 Å². The van der Waals surface area contributed by atoms with Crippen LogP contribution in [0.5, 0.6) is 0 Å². The molecule has 1 amide bonds. The molecule has 0 aromatic carbocycles. The van der Waals surface area contributed by atoms with Crippen molar-refractivity contribution < 1.29 is 9.90 Å². The monoisotopic (exact) mass is 231 g/mol. The molecule has 88 valence electrons. The van der Waals surface area contributed by atoms with Crippen LogP contribution in [-0.4, -0.2) is 46.6 Å². The molecular weight excluding hydrogens is 210 g/mol. The van der Waals surface area contributed by atoms with E-state index < -0.39 is 0 Å². The van der Waals surface area contributed by atoms with Crippen LogP contribution >= 0.6 is 11.8 Å². The van der Waals surface area contributed by atoms with Crippen LogP contribution in [-0.2, 0) is 4.79 Å². The van der Waals surface area contributed by atoms with E-state index in [4.69, 9.17) is 5.11 Å². The molecule has 1 aliphatic heterocycles. The van der Waals surface area contributed by atoms with Gasteiger partial charge >= 0.3 is 0 Å². The van der Waals surface area contributed by atoms with Crippen molar-refractivity contribution in [2.75, 3.05) is 25.4 Å². The molecule has 0 radical (unpaired) electrons. The highest BCUT2D eigenvalue weighted by molar-refractivity contribution is 8.00. The Kier molecular flexibility index (Phi) is 5.47. The lowest BCUT2D eigenvalue weighted by Crippen LogP contribution is -2.30. The summed E-state index contributed by atoms with van der Waals surface area (Å²) < 4.78 is 0. The Morgan fingerprint density at radius 3 is 2.93 bits per heavy atom. The third-order valence-electron chi connectivity index (χ3n) is 2.72. The van der Waals surface area contributed by atoms with Crippen LogP contribution < -0.4 is 0 Å². The normalized spacial score (nSPS) is 21.3. The SMILES string of the molecule is CC(C)SCC(=O)N1CCC(CCO)C1. The summed E-state index contributed by atoms with van der Waals surface area (Å²) in [6, 6.07) is 0. The molecule has 1 saturated heterocycles. The summed E-state index contributed by atoms with van der Waals surface area (Å²) in [5.41, 5.74) is 0. The van der Waals surface area contributed by atoms with Gasteiger partial charge in [0.1, 0.15) is 0 Å². The van der Waals surface area contributed by atoms with Crippen molar-refractivity contribution in [3.05, 3.63) is 0 Å². The van der Waals surface area contributed by atoms with E-state index in [0.29, 0.717) is 16.9 Å². The van der Waals surface area contributed by atoms with E-state index in [1.807, 2.05) is 4.90 Å². The first-order valence-electron chi connectivity index (χ1n) is 5.63. The van der Waals surface area contributed by atoms with E-state index in [-0.39, 0.29) is 12.5 Å². The molecule has 0 aliphatic carbocycles. The van der Waals surface area contributed by atoms with Crippen molar-refractivity contribution in [1.82, 2.24) is 4.90 Å². The van der Waals surface area contributed by atoms with E-state index in [1.54, 1.807) is 11.8 Å². The average molecular weight is 231 g/mol. The van der Waals surface area contributed by atoms with E-state index in [2.05, 4.69) is 13.8 Å². The first-order valence-corrected chi connectivity index (χ1v) is 6.68. The second-order valence-electron chi connectivity index (χ2n) is 4.37. The Morgan fingerprint density at radius 1 is 1.60 bits per heavy atom. The fourth-order valence-corrected chi connectivity index (χ4v) is 2.47. The van der Waals surface area contributed by atoms with Gasteiger partial charge in [-0.05, 0) is 24.0 Å². The number of carbonyl (C=O) groups is 1. The van der Waals surface area contributed by atoms with Crippen LogP contribution in [0.1, 0.15) is 26.7 Å². The van der Waals surface area contributed by atoms with Crippen molar-refractivity contribution in [2.24, 2.45) is 5.92 Å². The number of likely N-dealkylation sites (tertiary alicyclic amines) is 1. The van der Waals surface area contributed by atoms with Crippen LogP contribution in [0.4, 0.5) is 0 Å². The number of amides is 1. The maximum Gasteiger partial charge on any atom is 0.232 e. The third-order valence-corrected chi connectivity index (χ3v) is 3.80. The molecular formula is C11H21NO2S. The largest absolute Gasteiger partial charge is 0.396 e. The van der Waals surface area contributed by atoms with E-state index in [9.17, 15) is 4.79 Å². The summed E-state index contributed by atoms with van der Waals surface area (Å²) >= 11 is 1.70. The van der Waals surface area contributed by atoms with Crippen LogP contribution in [0, 0.1) is 5.92 Å². The predicted molar refractivity (Wildman–Crippen MR) is 64.0 cm³/mol. The first kappa shape index (κ1) is 12.8. The summed E-state index contributed by atoms with van der Waals surface area (Å²) in [4.78, 5) is 13.7. The second-order valence-corrected chi connectivity index (χ2v) is 5.93. The number of thioether (sulfide) groups is 1. The molecule has 3 nitrogen and oxygen atoms in total. The van der Waals surface area contributed by atoms with Gasteiger partial charge in [-0.2, -0.15) is 0 Å². The van der Waals surface area contributed by atoms with Gasteiger partial charge in [0.15, 0.2) is 0 Å². The fourth-order valence-electron chi connectivity index (χ4n) is 1.81. The number of aliphatic hydroxyl groups is 1. The molecule has 0 spiro atoms. The Hall–Kier alpha value is -0.220. The van der Waals surface area contributed by atoms with Crippen molar-refractivity contribution >= 4 is 17.7 Å². The minimum absolute atomic E-state index is 0.243. The molecule has 1 heterocycles.